The Morgan fingerprint density at radius 3 is 2.59 bits per heavy atom. The Labute approximate surface area is 159 Å². The van der Waals surface area contributed by atoms with Crippen LogP contribution in [0.2, 0.25) is 0 Å². The van der Waals surface area contributed by atoms with Gasteiger partial charge in [-0.25, -0.2) is 19.5 Å². The van der Waals surface area contributed by atoms with E-state index in [1.54, 1.807) is 6.33 Å². The summed E-state index contributed by atoms with van der Waals surface area (Å²) in [4.78, 5) is 18.0. The van der Waals surface area contributed by atoms with E-state index in [1.165, 1.54) is 18.5 Å². The summed E-state index contributed by atoms with van der Waals surface area (Å²) >= 11 is 0. The van der Waals surface area contributed by atoms with E-state index in [9.17, 15) is 0 Å². The zero-order chi connectivity index (χ0) is 18.4. The van der Waals surface area contributed by atoms with Gasteiger partial charge in [-0.1, -0.05) is 0 Å². The number of piperidine rings is 1. The van der Waals surface area contributed by atoms with Gasteiger partial charge in [0.1, 0.15) is 17.7 Å². The van der Waals surface area contributed by atoms with Gasteiger partial charge in [0.15, 0.2) is 5.82 Å². The van der Waals surface area contributed by atoms with Crippen molar-refractivity contribution in [3.05, 3.63) is 42.2 Å². The van der Waals surface area contributed by atoms with E-state index in [4.69, 9.17) is 10.1 Å². The molecular formula is C20H25N7. The van der Waals surface area contributed by atoms with Crippen LogP contribution >= 0.6 is 0 Å². The number of aromatic nitrogens is 5. The van der Waals surface area contributed by atoms with Gasteiger partial charge >= 0.3 is 0 Å². The molecule has 3 aromatic rings. The third kappa shape index (κ3) is 3.11. The molecule has 1 aliphatic carbocycles. The number of fused-ring (bicyclic) bond motifs is 1. The molecule has 0 radical (unpaired) electrons. The number of aryl methyl sites for hydroxylation is 1. The van der Waals surface area contributed by atoms with E-state index in [0.717, 1.165) is 48.8 Å². The monoisotopic (exact) mass is 363 g/mol. The fraction of sp³-hybridized carbons (Fsp3) is 0.500. The molecule has 1 aliphatic heterocycles. The summed E-state index contributed by atoms with van der Waals surface area (Å²) in [5, 5.41) is 4.75. The first-order valence-electron chi connectivity index (χ1n) is 9.80. The highest BCUT2D eigenvalue weighted by Crippen LogP contribution is 2.40. The van der Waals surface area contributed by atoms with E-state index in [1.807, 2.05) is 23.8 Å². The van der Waals surface area contributed by atoms with Crippen molar-refractivity contribution in [3.63, 3.8) is 0 Å². The lowest BCUT2D eigenvalue weighted by molar-refractivity contribution is 0.478. The van der Waals surface area contributed by atoms with Crippen LogP contribution in [0.1, 0.15) is 43.0 Å². The molecule has 1 saturated carbocycles. The number of nitrogens with zero attached hydrogens (tertiary/aromatic N) is 7. The summed E-state index contributed by atoms with van der Waals surface area (Å²) in [6.07, 6.45) is 10.2. The third-order valence-electron chi connectivity index (χ3n) is 5.85. The van der Waals surface area contributed by atoms with Crippen LogP contribution in [0.5, 0.6) is 0 Å². The Morgan fingerprint density at radius 2 is 1.85 bits per heavy atom. The van der Waals surface area contributed by atoms with Gasteiger partial charge in [0.25, 0.3) is 0 Å². The largest absolute Gasteiger partial charge is 0.356 e. The highest BCUT2D eigenvalue weighted by Gasteiger charge is 2.29. The molecule has 2 aliphatic rings. The predicted molar refractivity (Wildman–Crippen MR) is 105 cm³/mol. The molecule has 0 spiro atoms. The zero-order valence-electron chi connectivity index (χ0n) is 15.9. The Morgan fingerprint density at radius 1 is 1.04 bits per heavy atom. The van der Waals surface area contributed by atoms with Gasteiger partial charge < -0.3 is 9.80 Å². The van der Waals surface area contributed by atoms with E-state index in [2.05, 4.69) is 38.9 Å². The fourth-order valence-corrected chi connectivity index (χ4v) is 4.03. The molecule has 3 aromatic heterocycles. The topological polar surface area (TPSA) is 62.5 Å². The lowest BCUT2D eigenvalue weighted by Crippen LogP contribution is -2.44. The Balaban J connectivity index is 1.32. The van der Waals surface area contributed by atoms with Crippen molar-refractivity contribution < 1.29 is 0 Å². The molecule has 7 nitrogen and oxygen atoms in total. The summed E-state index contributed by atoms with van der Waals surface area (Å²) in [5.74, 6) is 2.73. The molecule has 140 valence electrons. The minimum absolute atomic E-state index is 0.488. The molecular weight excluding hydrogens is 338 g/mol. The summed E-state index contributed by atoms with van der Waals surface area (Å²) in [7, 11) is 2.14. The Bertz CT molecular complexity index is 954. The molecule has 0 aromatic carbocycles. The first-order chi connectivity index (χ1) is 13.2. The van der Waals surface area contributed by atoms with E-state index < -0.39 is 0 Å². The molecule has 7 heteroatoms. The van der Waals surface area contributed by atoms with Crippen LogP contribution in [-0.4, -0.2) is 50.7 Å². The Hall–Kier alpha value is -2.70. The van der Waals surface area contributed by atoms with Crippen LogP contribution in [0.15, 0.2) is 30.9 Å². The molecule has 27 heavy (non-hydrogen) atoms. The van der Waals surface area contributed by atoms with Crippen molar-refractivity contribution in [1.29, 1.82) is 0 Å². The van der Waals surface area contributed by atoms with Gasteiger partial charge in [0.2, 0.25) is 0 Å². The second-order valence-electron chi connectivity index (χ2n) is 7.77. The third-order valence-corrected chi connectivity index (χ3v) is 5.85. The molecule has 2 fully saturated rings. The maximum absolute atomic E-state index is 4.75. The molecule has 5 rings (SSSR count). The van der Waals surface area contributed by atoms with Gasteiger partial charge in [-0.15, -0.1) is 0 Å². The van der Waals surface area contributed by atoms with Crippen molar-refractivity contribution in [2.75, 3.05) is 29.9 Å². The average molecular weight is 363 g/mol. The average Bonchev–Trinajstić information content (AvgIpc) is 3.46. The molecule has 0 bridgehead atoms. The SMILES string of the molecule is Cc1cc(N(C)C2CCN(c3nccn4nc(C5CC5)cc34)CC2)ncn1. The van der Waals surface area contributed by atoms with Gasteiger partial charge in [-0.2, -0.15) is 5.10 Å². The quantitative estimate of drug-likeness (QED) is 0.710. The summed E-state index contributed by atoms with van der Waals surface area (Å²) in [6.45, 7) is 4.00. The fourth-order valence-electron chi connectivity index (χ4n) is 4.03. The maximum Gasteiger partial charge on any atom is 0.154 e. The van der Waals surface area contributed by atoms with Crippen LogP contribution in [0.4, 0.5) is 11.6 Å². The first kappa shape index (κ1) is 16.5. The summed E-state index contributed by atoms with van der Waals surface area (Å²) in [6, 6.07) is 4.78. The van der Waals surface area contributed by atoms with Crippen molar-refractivity contribution in [2.45, 2.75) is 44.6 Å². The number of hydrogen-bond donors (Lipinski definition) is 0. The number of rotatable bonds is 4. The van der Waals surface area contributed by atoms with Crippen LogP contribution in [0, 0.1) is 6.92 Å². The van der Waals surface area contributed by atoms with E-state index >= 15 is 0 Å². The highest BCUT2D eigenvalue weighted by atomic mass is 15.3. The van der Waals surface area contributed by atoms with Crippen LogP contribution in [0.3, 0.4) is 0 Å². The van der Waals surface area contributed by atoms with Crippen molar-refractivity contribution in [1.82, 2.24) is 24.6 Å². The smallest absolute Gasteiger partial charge is 0.154 e. The molecule has 0 N–H and O–H groups in total. The molecule has 1 saturated heterocycles. The van der Waals surface area contributed by atoms with Gasteiger partial charge in [0.05, 0.1) is 5.69 Å². The minimum Gasteiger partial charge on any atom is -0.356 e. The van der Waals surface area contributed by atoms with Crippen molar-refractivity contribution >= 4 is 17.2 Å². The van der Waals surface area contributed by atoms with Gasteiger partial charge in [-0.3, -0.25) is 0 Å². The van der Waals surface area contributed by atoms with Crippen LogP contribution in [0.25, 0.3) is 5.52 Å². The maximum atomic E-state index is 4.75. The molecule has 0 unspecified atom stereocenters. The summed E-state index contributed by atoms with van der Waals surface area (Å²) < 4.78 is 2.00. The predicted octanol–water partition coefficient (Wildman–Crippen LogP) is 2.81. The standard InChI is InChI=1S/C20H25N7/c1-14-11-19(23-13-22-14)25(2)16-5-8-26(9-6-16)20-18-12-17(15-3-4-15)24-27(18)10-7-21-20/h7,10-13,15-16H,3-6,8-9H2,1-2H3. The Kier molecular flexibility index (Phi) is 3.95. The summed E-state index contributed by atoms with van der Waals surface area (Å²) in [5.41, 5.74) is 3.36. The van der Waals surface area contributed by atoms with Crippen molar-refractivity contribution in [3.8, 4) is 0 Å². The zero-order valence-corrected chi connectivity index (χ0v) is 15.9. The molecule has 0 atom stereocenters. The second-order valence-corrected chi connectivity index (χ2v) is 7.77. The molecule has 4 heterocycles. The second kappa shape index (κ2) is 6.48. The van der Waals surface area contributed by atoms with E-state index in [-0.39, 0.29) is 0 Å². The van der Waals surface area contributed by atoms with Crippen LogP contribution < -0.4 is 9.80 Å². The highest BCUT2D eigenvalue weighted by molar-refractivity contribution is 5.69. The normalized spacial score (nSPS) is 18.2. The van der Waals surface area contributed by atoms with Crippen molar-refractivity contribution in [2.24, 2.45) is 0 Å². The lowest BCUT2D eigenvalue weighted by Gasteiger charge is -2.37. The van der Waals surface area contributed by atoms with E-state index in [0.29, 0.717) is 12.0 Å². The minimum atomic E-state index is 0.488. The van der Waals surface area contributed by atoms with Gasteiger partial charge in [-0.05, 0) is 38.7 Å². The lowest BCUT2D eigenvalue weighted by atomic mass is 10.0. The van der Waals surface area contributed by atoms with Crippen LogP contribution in [-0.2, 0) is 0 Å². The molecule has 0 amide bonds. The number of hydrogen-bond acceptors (Lipinski definition) is 6. The number of anilines is 2. The first-order valence-corrected chi connectivity index (χ1v) is 9.80. The van der Waals surface area contributed by atoms with Gasteiger partial charge in [0, 0.05) is 56.3 Å².